The van der Waals surface area contributed by atoms with Gasteiger partial charge in [-0.15, -0.1) is 0 Å². The highest BCUT2D eigenvalue weighted by atomic mass is 35.5. The summed E-state index contributed by atoms with van der Waals surface area (Å²) in [5.74, 6) is -1.19. The Morgan fingerprint density at radius 1 is 1.17 bits per heavy atom. The van der Waals surface area contributed by atoms with Gasteiger partial charge in [-0.1, -0.05) is 25.4 Å². The van der Waals surface area contributed by atoms with Gasteiger partial charge in [-0.2, -0.15) is 0 Å². The number of halogens is 1. The fourth-order valence-corrected chi connectivity index (χ4v) is 1.99. The minimum absolute atomic E-state index is 0.0690. The molecular formula is C16H21ClN2O4. The number of carbonyl (C=O) groups is 3. The first-order valence-corrected chi connectivity index (χ1v) is 7.64. The second kappa shape index (κ2) is 9.15. The molecule has 23 heavy (non-hydrogen) atoms. The number of hydrogen-bond donors (Lipinski definition) is 2. The van der Waals surface area contributed by atoms with Crippen LogP contribution in [0.4, 0.5) is 0 Å². The van der Waals surface area contributed by atoms with Crippen molar-refractivity contribution < 1.29 is 19.1 Å². The molecule has 1 aromatic carbocycles. The molecule has 0 unspecified atom stereocenters. The number of hydrogen-bond acceptors (Lipinski definition) is 4. The standard InChI is InChI=1S/C16H21ClN2O4/c1-10(2)14(16(22)23-3)19-13(20)8-9-18-15(21)11-4-6-12(17)7-5-11/h4-7,10,14H,8-9H2,1-3H3,(H,18,21)(H,19,20)/t14-/m1/s1. The van der Waals surface area contributed by atoms with Crippen molar-refractivity contribution in [3.63, 3.8) is 0 Å². The minimum Gasteiger partial charge on any atom is -0.467 e. The Balaban J connectivity index is 2.42. The van der Waals surface area contributed by atoms with Gasteiger partial charge in [-0.3, -0.25) is 9.59 Å². The summed E-state index contributed by atoms with van der Waals surface area (Å²) >= 11 is 5.75. The van der Waals surface area contributed by atoms with Crippen LogP contribution in [-0.2, 0) is 14.3 Å². The normalized spacial score (nSPS) is 11.7. The van der Waals surface area contributed by atoms with Gasteiger partial charge in [0.25, 0.3) is 5.91 Å². The lowest BCUT2D eigenvalue weighted by atomic mass is 10.0. The van der Waals surface area contributed by atoms with E-state index in [4.69, 9.17) is 11.6 Å². The van der Waals surface area contributed by atoms with Gasteiger partial charge in [0, 0.05) is 23.6 Å². The molecule has 0 bridgehead atoms. The number of ether oxygens (including phenoxy) is 1. The number of benzene rings is 1. The van der Waals surface area contributed by atoms with Crippen molar-refractivity contribution in [3.05, 3.63) is 34.9 Å². The van der Waals surface area contributed by atoms with Crippen LogP contribution >= 0.6 is 11.6 Å². The zero-order valence-electron chi connectivity index (χ0n) is 13.4. The Kier molecular flexibility index (Phi) is 7.54. The lowest BCUT2D eigenvalue weighted by Crippen LogP contribution is -2.45. The highest BCUT2D eigenvalue weighted by molar-refractivity contribution is 6.30. The van der Waals surface area contributed by atoms with E-state index in [2.05, 4.69) is 15.4 Å². The Bertz CT molecular complexity index is 558. The summed E-state index contributed by atoms with van der Waals surface area (Å²) in [6, 6.07) is 5.74. The molecule has 2 amide bonds. The number of carbonyl (C=O) groups excluding carboxylic acids is 3. The fourth-order valence-electron chi connectivity index (χ4n) is 1.86. The molecule has 0 spiro atoms. The predicted molar refractivity (Wildman–Crippen MR) is 87.2 cm³/mol. The maximum absolute atomic E-state index is 11.9. The van der Waals surface area contributed by atoms with Crippen molar-refractivity contribution in [1.82, 2.24) is 10.6 Å². The topological polar surface area (TPSA) is 84.5 Å². The zero-order chi connectivity index (χ0) is 17.4. The summed E-state index contributed by atoms with van der Waals surface area (Å²) < 4.78 is 4.65. The summed E-state index contributed by atoms with van der Waals surface area (Å²) in [6.07, 6.45) is 0.0690. The van der Waals surface area contributed by atoms with Crippen LogP contribution in [-0.4, -0.2) is 37.5 Å². The first-order chi connectivity index (χ1) is 10.8. The molecule has 126 valence electrons. The van der Waals surface area contributed by atoms with Gasteiger partial charge >= 0.3 is 5.97 Å². The van der Waals surface area contributed by atoms with Gasteiger partial charge in [0.15, 0.2) is 0 Å². The smallest absolute Gasteiger partial charge is 0.328 e. The average Bonchev–Trinajstić information content (AvgIpc) is 2.52. The second-order valence-corrected chi connectivity index (χ2v) is 5.76. The molecule has 2 N–H and O–H groups in total. The number of esters is 1. The van der Waals surface area contributed by atoms with Crippen LogP contribution in [0.1, 0.15) is 30.6 Å². The number of nitrogens with one attached hydrogen (secondary N) is 2. The van der Waals surface area contributed by atoms with E-state index in [-0.39, 0.29) is 30.7 Å². The van der Waals surface area contributed by atoms with Crippen LogP contribution in [0.2, 0.25) is 5.02 Å². The quantitative estimate of drug-likeness (QED) is 0.741. The minimum atomic E-state index is -0.695. The maximum Gasteiger partial charge on any atom is 0.328 e. The van der Waals surface area contributed by atoms with E-state index in [0.29, 0.717) is 10.6 Å². The molecule has 6 nitrogen and oxygen atoms in total. The molecule has 0 aromatic heterocycles. The molecule has 1 rings (SSSR count). The Hall–Kier alpha value is -2.08. The van der Waals surface area contributed by atoms with Crippen molar-refractivity contribution >= 4 is 29.4 Å². The van der Waals surface area contributed by atoms with E-state index in [1.54, 1.807) is 24.3 Å². The lowest BCUT2D eigenvalue weighted by Gasteiger charge is -2.19. The van der Waals surface area contributed by atoms with Crippen LogP contribution < -0.4 is 10.6 Å². The van der Waals surface area contributed by atoms with Crippen LogP contribution in [0, 0.1) is 5.92 Å². The number of amides is 2. The average molecular weight is 341 g/mol. The summed E-state index contributed by atoms with van der Waals surface area (Å²) in [7, 11) is 1.27. The van der Waals surface area contributed by atoms with Crippen LogP contribution in [0.5, 0.6) is 0 Å². The maximum atomic E-state index is 11.9. The molecule has 0 saturated carbocycles. The second-order valence-electron chi connectivity index (χ2n) is 5.33. The predicted octanol–water partition coefficient (Wildman–Crippen LogP) is 1.77. The van der Waals surface area contributed by atoms with E-state index in [9.17, 15) is 14.4 Å². The molecule has 1 atom stereocenters. The molecule has 0 aliphatic rings. The van der Waals surface area contributed by atoms with Crippen LogP contribution in [0.3, 0.4) is 0 Å². The highest BCUT2D eigenvalue weighted by Crippen LogP contribution is 2.09. The van der Waals surface area contributed by atoms with Gasteiger partial charge in [0.2, 0.25) is 5.91 Å². The molecule has 7 heteroatoms. The van der Waals surface area contributed by atoms with Gasteiger partial charge in [0.1, 0.15) is 6.04 Å². The van der Waals surface area contributed by atoms with Crippen molar-refractivity contribution in [2.45, 2.75) is 26.3 Å². The largest absolute Gasteiger partial charge is 0.467 e. The van der Waals surface area contributed by atoms with E-state index < -0.39 is 12.0 Å². The fraction of sp³-hybridized carbons (Fsp3) is 0.438. The Morgan fingerprint density at radius 2 is 1.78 bits per heavy atom. The van der Waals surface area contributed by atoms with E-state index >= 15 is 0 Å². The first kappa shape index (κ1) is 19.0. The summed E-state index contributed by atoms with van der Waals surface area (Å²) in [5.41, 5.74) is 0.462. The van der Waals surface area contributed by atoms with Gasteiger partial charge < -0.3 is 15.4 Å². The molecule has 0 aliphatic heterocycles. The van der Waals surface area contributed by atoms with E-state index in [1.165, 1.54) is 7.11 Å². The van der Waals surface area contributed by atoms with Gasteiger partial charge in [0.05, 0.1) is 7.11 Å². The summed E-state index contributed by atoms with van der Waals surface area (Å²) in [5, 5.41) is 5.79. The first-order valence-electron chi connectivity index (χ1n) is 7.26. The third-order valence-corrected chi connectivity index (χ3v) is 3.43. The molecule has 0 saturated heterocycles. The van der Waals surface area contributed by atoms with Gasteiger partial charge in [-0.05, 0) is 30.2 Å². The summed E-state index contributed by atoms with van der Waals surface area (Å²) in [6.45, 7) is 3.79. The lowest BCUT2D eigenvalue weighted by molar-refractivity contribution is -0.146. The van der Waals surface area contributed by atoms with Gasteiger partial charge in [-0.25, -0.2) is 4.79 Å². The van der Waals surface area contributed by atoms with E-state index in [0.717, 1.165) is 0 Å². The Morgan fingerprint density at radius 3 is 2.30 bits per heavy atom. The van der Waals surface area contributed by atoms with Crippen molar-refractivity contribution in [3.8, 4) is 0 Å². The molecule has 0 heterocycles. The highest BCUT2D eigenvalue weighted by Gasteiger charge is 2.24. The SMILES string of the molecule is COC(=O)[C@H](NC(=O)CCNC(=O)c1ccc(Cl)cc1)C(C)C. The molecule has 0 radical (unpaired) electrons. The zero-order valence-corrected chi connectivity index (χ0v) is 14.1. The third-order valence-electron chi connectivity index (χ3n) is 3.18. The van der Waals surface area contributed by atoms with Crippen molar-refractivity contribution in [1.29, 1.82) is 0 Å². The number of rotatable bonds is 7. The summed E-state index contributed by atoms with van der Waals surface area (Å²) in [4.78, 5) is 35.3. The van der Waals surface area contributed by atoms with Crippen molar-refractivity contribution in [2.75, 3.05) is 13.7 Å². The van der Waals surface area contributed by atoms with E-state index in [1.807, 2.05) is 13.8 Å². The molecule has 0 aliphatic carbocycles. The molecular weight excluding hydrogens is 320 g/mol. The van der Waals surface area contributed by atoms with Crippen LogP contribution in [0.15, 0.2) is 24.3 Å². The van der Waals surface area contributed by atoms with Crippen molar-refractivity contribution in [2.24, 2.45) is 5.92 Å². The third kappa shape index (κ3) is 6.28. The number of methoxy groups -OCH3 is 1. The van der Waals surface area contributed by atoms with Crippen LogP contribution in [0.25, 0.3) is 0 Å². The molecule has 1 aromatic rings. The molecule has 0 fully saturated rings. The Labute approximate surface area is 140 Å². The monoisotopic (exact) mass is 340 g/mol.